The number of benzene rings is 1. The van der Waals surface area contributed by atoms with Crippen LogP contribution in [-0.4, -0.2) is 52.2 Å². The van der Waals surface area contributed by atoms with E-state index >= 15 is 0 Å². The first-order valence-electron chi connectivity index (χ1n) is 10.7. The molecule has 9 heteroatoms. The van der Waals surface area contributed by atoms with Crippen LogP contribution < -0.4 is 10.6 Å². The highest BCUT2D eigenvalue weighted by atomic mass is 35.5. The highest BCUT2D eigenvalue weighted by Crippen LogP contribution is 2.24. The summed E-state index contributed by atoms with van der Waals surface area (Å²) in [5.41, 5.74) is 2.14. The predicted molar refractivity (Wildman–Crippen MR) is 125 cm³/mol. The Balaban J connectivity index is 1.39. The van der Waals surface area contributed by atoms with Gasteiger partial charge >= 0.3 is 6.09 Å². The number of pyridine rings is 1. The fourth-order valence-corrected chi connectivity index (χ4v) is 4.17. The van der Waals surface area contributed by atoms with Gasteiger partial charge in [-0.05, 0) is 56.7 Å². The maximum Gasteiger partial charge on any atom is 0.409 e. The van der Waals surface area contributed by atoms with Crippen LogP contribution in [0.5, 0.6) is 0 Å². The number of ether oxygens (including phenoxy) is 1. The molecule has 1 aliphatic rings. The molecular weight excluding hydrogens is 430 g/mol. The molecular formula is C23H26ClN5O3. The first-order valence-corrected chi connectivity index (χ1v) is 11.1. The molecule has 1 aliphatic heterocycles. The maximum atomic E-state index is 12.9. The summed E-state index contributed by atoms with van der Waals surface area (Å²) in [6.45, 7) is 6.06. The van der Waals surface area contributed by atoms with Crippen LogP contribution in [0.15, 0.2) is 42.6 Å². The molecule has 2 N–H and O–H groups in total. The van der Waals surface area contributed by atoms with Crippen LogP contribution in [0, 0.1) is 0 Å². The fraction of sp³-hybridized carbons (Fsp3) is 0.348. The van der Waals surface area contributed by atoms with Crippen molar-refractivity contribution in [3.8, 4) is 0 Å². The highest BCUT2D eigenvalue weighted by molar-refractivity contribution is 6.31. The van der Waals surface area contributed by atoms with Crippen molar-refractivity contribution in [3.05, 3.63) is 53.3 Å². The first-order chi connectivity index (χ1) is 15.5. The highest BCUT2D eigenvalue weighted by Gasteiger charge is 2.27. The molecule has 0 radical (unpaired) electrons. The summed E-state index contributed by atoms with van der Waals surface area (Å²) in [5, 5.41) is 7.81. The maximum absolute atomic E-state index is 12.9. The van der Waals surface area contributed by atoms with Crippen LogP contribution in [-0.2, 0) is 11.3 Å². The number of halogens is 1. The van der Waals surface area contributed by atoms with Crippen LogP contribution in [0.25, 0.3) is 10.9 Å². The van der Waals surface area contributed by atoms with Crippen molar-refractivity contribution in [2.24, 2.45) is 0 Å². The SMILES string of the molecule is CCOC(=O)N1CCC(Nc2ccc(NC(=O)c3cc4cc(Cl)ccc4n3CC)cn2)C1. The van der Waals surface area contributed by atoms with Crippen molar-refractivity contribution in [2.45, 2.75) is 32.9 Å². The Labute approximate surface area is 191 Å². The number of carbonyl (C=O) groups is 2. The summed E-state index contributed by atoms with van der Waals surface area (Å²) >= 11 is 6.10. The zero-order valence-electron chi connectivity index (χ0n) is 18.1. The molecule has 32 heavy (non-hydrogen) atoms. The van der Waals surface area contributed by atoms with E-state index in [2.05, 4.69) is 15.6 Å². The van der Waals surface area contributed by atoms with E-state index in [0.29, 0.717) is 48.5 Å². The Bertz CT molecular complexity index is 1130. The van der Waals surface area contributed by atoms with Gasteiger partial charge < -0.3 is 24.8 Å². The number of fused-ring (bicyclic) bond motifs is 1. The zero-order valence-corrected chi connectivity index (χ0v) is 18.9. The number of carbonyl (C=O) groups excluding carboxylic acids is 2. The lowest BCUT2D eigenvalue weighted by Gasteiger charge is -2.16. The lowest BCUT2D eigenvalue weighted by atomic mass is 10.2. The number of rotatable bonds is 6. The lowest BCUT2D eigenvalue weighted by Crippen LogP contribution is -2.32. The fourth-order valence-electron chi connectivity index (χ4n) is 3.99. The van der Waals surface area contributed by atoms with E-state index in [1.165, 1.54) is 0 Å². The molecule has 0 saturated carbocycles. The zero-order chi connectivity index (χ0) is 22.7. The van der Waals surface area contributed by atoms with E-state index in [0.717, 1.165) is 17.3 Å². The molecule has 3 heterocycles. The summed E-state index contributed by atoms with van der Waals surface area (Å²) in [6, 6.07) is 11.2. The number of nitrogens with zero attached hydrogens (tertiary/aromatic N) is 3. The van der Waals surface area contributed by atoms with E-state index < -0.39 is 0 Å². The second-order valence-corrected chi connectivity index (χ2v) is 8.07. The van der Waals surface area contributed by atoms with Gasteiger partial charge in [-0.25, -0.2) is 9.78 Å². The summed E-state index contributed by atoms with van der Waals surface area (Å²) in [5.74, 6) is 0.485. The van der Waals surface area contributed by atoms with Crippen molar-refractivity contribution in [1.29, 1.82) is 0 Å². The normalized spacial score (nSPS) is 15.7. The number of anilines is 2. The van der Waals surface area contributed by atoms with Crippen LogP contribution in [0.1, 0.15) is 30.8 Å². The molecule has 168 valence electrons. The van der Waals surface area contributed by atoms with Gasteiger partial charge in [0, 0.05) is 41.6 Å². The Morgan fingerprint density at radius 3 is 2.78 bits per heavy atom. The molecule has 8 nitrogen and oxygen atoms in total. The first kappa shape index (κ1) is 22.0. The van der Waals surface area contributed by atoms with Gasteiger partial charge in [0.15, 0.2) is 0 Å². The molecule has 1 aromatic carbocycles. The van der Waals surface area contributed by atoms with E-state index in [1.807, 2.05) is 41.8 Å². The van der Waals surface area contributed by atoms with E-state index in [1.54, 1.807) is 24.1 Å². The number of likely N-dealkylation sites (tertiary alicyclic amines) is 1. The van der Waals surface area contributed by atoms with Gasteiger partial charge in [0.1, 0.15) is 11.5 Å². The second-order valence-electron chi connectivity index (χ2n) is 7.64. The van der Waals surface area contributed by atoms with Gasteiger partial charge in [-0.15, -0.1) is 0 Å². The Morgan fingerprint density at radius 1 is 1.22 bits per heavy atom. The molecule has 2 amide bonds. The molecule has 0 bridgehead atoms. The van der Waals surface area contributed by atoms with Crippen LogP contribution >= 0.6 is 11.6 Å². The summed E-state index contributed by atoms with van der Waals surface area (Å²) in [4.78, 5) is 30.8. The average molecular weight is 456 g/mol. The van der Waals surface area contributed by atoms with Gasteiger partial charge in [0.2, 0.25) is 0 Å². The molecule has 1 saturated heterocycles. The number of amides is 2. The van der Waals surface area contributed by atoms with Crippen molar-refractivity contribution >= 4 is 46.0 Å². The number of nitrogens with one attached hydrogen (secondary N) is 2. The molecule has 1 fully saturated rings. The largest absolute Gasteiger partial charge is 0.450 e. The van der Waals surface area contributed by atoms with Crippen molar-refractivity contribution < 1.29 is 14.3 Å². The summed E-state index contributed by atoms with van der Waals surface area (Å²) in [6.07, 6.45) is 2.16. The third kappa shape index (κ3) is 4.65. The smallest absolute Gasteiger partial charge is 0.409 e. The average Bonchev–Trinajstić information content (AvgIpc) is 3.39. The number of hydrogen-bond acceptors (Lipinski definition) is 5. The summed E-state index contributed by atoms with van der Waals surface area (Å²) in [7, 11) is 0. The van der Waals surface area contributed by atoms with Gasteiger partial charge in [0.05, 0.1) is 18.5 Å². The van der Waals surface area contributed by atoms with Crippen LogP contribution in [0.4, 0.5) is 16.3 Å². The predicted octanol–water partition coefficient (Wildman–Crippen LogP) is 4.60. The van der Waals surface area contributed by atoms with E-state index in [4.69, 9.17) is 16.3 Å². The second kappa shape index (κ2) is 9.48. The minimum Gasteiger partial charge on any atom is -0.450 e. The molecule has 1 atom stereocenters. The van der Waals surface area contributed by atoms with Gasteiger partial charge in [-0.3, -0.25) is 4.79 Å². The topological polar surface area (TPSA) is 88.5 Å². The summed E-state index contributed by atoms with van der Waals surface area (Å²) < 4.78 is 7.01. The van der Waals surface area contributed by atoms with Gasteiger partial charge in [-0.2, -0.15) is 0 Å². The molecule has 0 spiro atoms. The Kier molecular flexibility index (Phi) is 6.50. The lowest BCUT2D eigenvalue weighted by molar-refractivity contribution is 0.101. The van der Waals surface area contributed by atoms with Crippen molar-refractivity contribution in [3.63, 3.8) is 0 Å². The Morgan fingerprint density at radius 2 is 2.06 bits per heavy atom. The molecule has 4 rings (SSSR count). The quantitative estimate of drug-likeness (QED) is 0.566. The monoisotopic (exact) mass is 455 g/mol. The van der Waals surface area contributed by atoms with Crippen molar-refractivity contribution in [1.82, 2.24) is 14.5 Å². The van der Waals surface area contributed by atoms with E-state index in [-0.39, 0.29) is 18.0 Å². The number of hydrogen-bond donors (Lipinski definition) is 2. The minimum absolute atomic E-state index is 0.111. The number of aromatic nitrogens is 2. The molecule has 1 unspecified atom stereocenters. The molecule has 0 aliphatic carbocycles. The third-order valence-electron chi connectivity index (χ3n) is 5.50. The van der Waals surface area contributed by atoms with Gasteiger partial charge in [0.25, 0.3) is 5.91 Å². The van der Waals surface area contributed by atoms with E-state index in [9.17, 15) is 9.59 Å². The number of aryl methyl sites for hydroxylation is 1. The van der Waals surface area contributed by atoms with Crippen molar-refractivity contribution in [2.75, 3.05) is 30.3 Å². The van der Waals surface area contributed by atoms with Gasteiger partial charge in [-0.1, -0.05) is 11.6 Å². The standard InChI is InChI=1S/C23H26ClN5O3/c1-3-29-19-7-5-16(24)11-15(19)12-20(29)22(30)27-17-6-8-21(25-13-17)26-18-9-10-28(14-18)23(31)32-4-2/h5-8,11-13,18H,3-4,9-10,14H2,1-2H3,(H,25,26)(H,27,30). The third-order valence-corrected chi connectivity index (χ3v) is 5.73. The molecule has 3 aromatic rings. The molecule has 2 aromatic heterocycles. The minimum atomic E-state index is -0.283. The Hall–Kier alpha value is -3.26. The van der Waals surface area contributed by atoms with Crippen LogP contribution in [0.2, 0.25) is 5.02 Å². The van der Waals surface area contributed by atoms with Crippen LogP contribution in [0.3, 0.4) is 0 Å².